The third kappa shape index (κ3) is 2.68. The third-order valence-electron chi connectivity index (χ3n) is 2.13. The Morgan fingerprint density at radius 2 is 2.06 bits per heavy atom. The fourth-order valence-electron chi connectivity index (χ4n) is 1.43. The summed E-state index contributed by atoms with van der Waals surface area (Å²) in [4.78, 5) is 22.0. The van der Waals surface area contributed by atoms with Gasteiger partial charge in [-0.05, 0) is 12.1 Å². The lowest BCUT2D eigenvalue weighted by atomic mass is 9.96. The van der Waals surface area contributed by atoms with Crippen LogP contribution in [0.5, 0.6) is 0 Å². The Labute approximate surface area is 105 Å². The Morgan fingerprint density at radius 3 is 2.44 bits per heavy atom. The van der Waals surface area contributed by atoms with Crippen LogP contribution >= 0.6 is 11.6 Å². The first kappa shape index (κ1) is 14.2. The molecule has 7 heteroatoms. The molecule has 0 amide bonds. The number of carbonyl (C=O) groups is 2. The van der Waals surface area contributed by atoms with Gasteiger partial charge in [0.2, 0.25) is 0 Å². The summed E-state index contributed by atoms with van der Waals surface area (Å²) in [6.07, 6.45) is -4.92. The van der Waals surface area contributed by atoms with Gasteiger partial charge in [0.25, 0.3) is 0 Å². The number of carbonyl (C=O) groups excluding carboxylic acids is 2. The van der Waals surface area contributed by atoms with Crippen LogP contribution in [0.4, 0.5) is 13.2 Å². The highest BCUT2D eigenvalue weighted by Crippen LogP contribution is 2.35. The monoisotopic (exact) mass is 275 g/mol. The topological polar surface area (TPSA) is 57.9 Å². The van der Waals surface area contributed by atoms with Gasteiger partial charge in [-0.2, -0.15) is 18.4 Å². The fourth-order valence-corrected chi connectivity index (χ4v) is 1.57. The number of aldehydes is 1. The molecule has 0 aliphatic carbocycles. The highest BCUT2D eigenvalue weighted by Gasteiger charge is 2.38. The molecule has 0 N–H and O–H groups in total. The van der Waals surface area contributed by atoms with Crippen LogP contribution < -0.4 is 0 Å². The van der Waals surface area contributed by atoms with Crippen molar-refractivity contribution >= 4 is 23.7 Å². The van der Waals surface area contributed by atoms with Crippen molar-refractivity contribution in [1.82, 2.24) is 0 Å². The zero-order valence-electron chi connectivity index (χ0n) is 8.71. The lowest BCUT2D eigenvalue weighted by molar-refractivity contribution is -0.138. The lowest BCUT2D eigenvalue weighted by Crippen LogP contribution is -2.17. The molecule has 0 saturated heterocycles. The predicted molar refractivity (Wildman–Crippen MR) is 56.6 cm³/mol. The number of nitriles is 1. The Balaban J connectivity index is 3.70. The first-order valence-electron chi connectivity index (χ1n) is 4.54. The van der Waals surface area contributed by atoms with Crippen molar-refractivity contribution in [3.63, 3.8) is 0 Å². The molecule has 0 aliphatic rings. The standard InChI is InChI=1S/C11H5ClF3NO2/c12-3-9(18)8-2-6(4-16)1-7(5-17)10(8)11(13,14)15/h1-2,5H,3H2. The largest absolute Gasteiger partial charge is 0.417 e. The molecule has 0 heterocycles. The molecule has 1 aromatic rings. The summed E-state index contributed by atoms with van der Waals surface area (Å²) in [5.41, 5.74) is -3.09. The van der Waals surface area contributed by atoms with E-state index in [-0.39, 0.29) is 11.8 Å². The SMILES string of the molecule is N#Cc1cc(C=O)c(C(F)(F)F)c(C(=O)CCl)c1. The van der Waals surface area contributed by atoms with Crippen LogP contribution in [0.1, 0.15) is 31.8 Å². The number of alkyl halides is 4. The van der Waals surface area contributed by atoms with Gasteiger partial charge in [-0.3, -0.25) is 9.59 Å². The molecule has 0 unspecified atom stereocenters. The normalized spacial score (nSPS) is 10.8. The Bertz CT molecular complexity index is 546. The van der Waals surface area contributed by atoms with Crippen LogP contribution in [0.3, 0.4) is 0 Å². The van der Waals surface area contributed by atoms with E-state index in [4.69, 9.17) is 16.9 Å². The van der Waals surface area contributed by atoms with Crippen molar-refractivity contribution in [3.05, 3.63) is 34.4 Å². The van der Waals surface area contributed by atoms with Crippen molar-refractivity contribution in [1.29, 1.82) is 5.26 Å². The van der Waals surface area contributed by atoms with Crippen molar-refractivity contribution in [2.75, 3.05) is 5.88 Å². The zero-order valence-corrected chi connectivity index (χ0v) is 9.47. The molecule has 0 bridgehead atoms. The summed E-state index contributed by atoms with van der Waals surface area (Å²) < 4.78 is 38.4. The molecule has 0 aromatic heterocycles. The second-order valence-electron chi connectivity index (χ2n) is 3.27. The van der Waals surface area contributed by atoms with E-state index < -0.39 is 34.5 Å². The van der Waals surface area contributed by atoms with E-state index in [1.807, 2.05) is 0 Å². The number of hydrogen-bond acceptors (Lipinski definition) is 3. The average Bonchev–Trinajstić information content (AvgIpc) is 2.34. The first-order chi connectivity index (χ1) is 8.35. The van der Waals surface area contributed by atoms with E-state index in [0.29, 0.717) is 0 Å². The summed E-state index contributed by atoms with van der Waals surface area (Å²) in [7, 11) is 0. The van der Waals surface area contributed by atoms with E-state index in [0.717, 1.165) is 12.1 Å². The number of halogens is 4. The predicted octanol–water partition coefficient (Wildman–Crippen LogP) is 2.81. The first-order valence-corrected chi connectivity index (χ1v) is 5.08. The molecule has 0 aliphatic heterocycles. The molecule has 0 spiro atoms. The lowest BCUT2D eigenvalue weighted by Gasteiger charge is -2.14. The Hall–Kier alpha value is -1.87. The summed E-state index contributed by atoms with van der Waals surface area (Å²) in [5.74, 6) is -1.67. The van der Waals surface area contributed by atoms with Gasteiger partial charge in [0.05, 0.1) is 23.1 Å². The maximum absolute atomic E-state index is 12.8. The molecule has 0 saturated carbocycles. The summed E-state index contributed by atoms with van der Waals surface area (Å²) in [6.45, 7) is 0. The molecule has 0 atom stereocenters. The molecule has 1 rings (SSSR count). The van der Waals surface area contributed by atoms with E-state index in [1.54, 1.807) is 6.07 Å². The average molecular weight is 276 g/mol. The zero-order chi connectivity index (χ0) is 13.9. The number of ketones is 1. The molecule has 3 nitrogen and oxygen atoms in total. The van der Waals surface area contributed by atoms with Crippen molar-refractivity contribution < 1.29 is 22.8 Å². The number of benzene rings is 1. The molecule has 0 radical (unpaired) electrons. The minimum Gasteiger partial charge on any atom is -0.298 e. The Kier molecular flexibility index (Phi) is 4.09. The maximum atomic E-state index is 12.8. The van der Waals surface area contributed by atoms with Crippen LogP contribution in [0.15, 0.2) is 12.1 Å². The van der Waals surface area contributed by atoms with E-state index >= 15 is 0 Å². The molecule has 18 heavy (non-hydrogen) atoms. The molecule has 0 fully saturated rings. The Morgan fingerprint density at radius 1 is 1.44 bits per heavy atom. The second kappa shape index (κ2) is 5.19. The quantitative estimate of drug-likeness (QED) is 0.484. The number of hydrogen-bond donors (Lipinski definition) is 0. The number of nitrogens with zero attached hydrogens (tertiary/aromatic N) is 1. The van der Waals surface area contributed by atoms with Crippen molar-refractivity contribution in [2.24, 2.45) is 0 Å². The van der Waals surface area contributed by atoms with Gasteiger partial charge in [-0.15, -0.1) is 11.6 Å². The summed E-state index contributed by atoms with van der Waals surface area (Å²) in [5, 5.41) is 8.64. The highest BCUT2D eigenvalue weighted by molar-refractivity contribution is 6.30. The molecule has 1 aromatic carbocycles. The minimum atomic E-state index is -4.87. The summed E-state index contributed by atoms with van der Waals surface area (Å²) in [6, 6.07) is 3.14. The highest BCUT2D eigenvalue weighted by atomic mass is 35.5. The van der Waals surface area contributed by atoms with Gasteiger partial charge in [0.15, 0.2) is 12.1 Å². The van der Waals surface area contributed by atoms with Crippen LogP contribution in [-0.4, -0.2) is 17.9 Å². The second-order valence-corrected chi connectivity index (χ2v) is 3.54. The van der Waals surface area contributed by atoms with Crippen LogP contribution in [0, 0.1) is 11.3 Å². The van der Waals surface area contributed by atoms with Gasteiger partial charge in [-0.25, -0.2) is 0 Å². The van der Waals surface area contributed by atoms with Crippen LogP contribution in [0.2, 0.25) is 0 Å². The van der Waals surface area contributed by atoms with Crippen molar-refractivity contribution in [3.8, 4) is 6.07 Å². The van der Waals surface area contributed by atoms with Gasteiger partial charge < -0.3 is 0 Å². The third-order valence-corrected chi connectivity index (χ3v) is 2.37. The summed E-state index contributed by atoms with van der Waals surface area (Å²) >= 11 is 5.21. The van der Waals surface area contributed by atoms with Crippen LogP contribution in [-0.2, 0) is 6.18 Å². The van der Waals surface area contributed by atoms with Gasteiger partial charge >= 0.3 is 6.18 Å². The minimum absolute atomic E-state index is 0.0469. The molecular formula is C11H5ClF3NO2. The fraction of sp³-hybridized carbons (Fsp3) is 0.182. The van der Waals surface area contributed by atoms with Gasteiger partial charge in [0.1, 0.15) is 0 Å². The smallest absolute Gasteiger partial charge is 0.298 e. The van der Waals surface area contributed by atoms with Gasteiger partial charge in [-0.1, -0.05) is 0 Å². The molecular weight excluding hydrogens is 271 g/mol. The van der Waals surface area contributed by atoms with Gasteiger partial charge in [0, 0.05) is 11.1 Å². The maximum Gasteiger partial charge on any atom is 0.417 e. The van der Waals surface area contributed by atoms with E-state index in [9.17, 15) is 22.8 Å². The number of rotatable bonds is 3. The van der Waals surface area contributed by atoms with Crippen molar-refractivity contribution in [2.45, 2.75) is 6.18 Å². The van der Waals surface area contributed by atoms with E-state index in [2.05, 4.69) is 0 Å². The van der Waals surface area contributed by atoms with Crippen LogP contribution in [0.25, 0.3) is 0 Å². The van der Waals surface area contributed by atoms with E-state index in [1.165, 1.54) is 0 Å². The number of Topliss-reactive ketones (excluding diaryl/α,β-unsaturated/α-hetero) is 1. The molecule has 94 valence electrons.